The van der Waals surface area contributed by atoms with E-state index in [-0.39, 0.29) is 0 Å². The van der Waals surface area contributed by atoms with Gasteiger partial charge in [-0.05, 0) is 31.2 Å². The highest BCUT2D eigenvalue weighted by molar-refractivity contribution is 5.80. The Morgan fingerprint density at radius 1 is 1.10 bits per heavy atom. The number of nitrogens with one attached hydrogen (secondary N) is 2. The van der Waals surface area contributed by atoms with E-state index in [1.165, 1.54) is 11.1 Å². The second-order valence-electron chi connectivity index (χ2n) is 5.94. The van der Waals surface area contributed by atoms with Gasteiger partial charge in [-0.15, -0.1) is 0 Å². The van der Waals surface area contributed by atoms with Gasteiger partial charge in [0.1, 0.15) is 0 Å². The number of hydrogen-bond acceptors (Lipinski definition) is 1. The molecule has 112 valence electrons. The molecule has 0 fully saturated rings. The van der Waals surface area contributed by atoms with Crippen LogP contribution in [0.5, 0.6) is 0 Å². The Kier molecular flexibility index (Phi) is 6.56. The fourth-order valence-electron chi connectivity index (χ4n) is 1.84. The van der Waals surface area contributed by atoms with Gasteiger partial charge in [-0.25, -0.2) is 0 Å². The maximum Gasteiger partial charge on any atom is 0.191 e. The van der Waals surface area contributed by atoms with Crippen LogP contribution in [0, 0.1) is 12.8 Å². The topological polar surface area (TPSA) is 36.4 Å². The van der Waals surface area contributed by atoms with Crippen LogP contribution in [0.2, 0.25) is 0 Å². The molecule has 0 aliphatic carbocycles. The lowest BCUT2D eigenvalue weighted by Crippen LogP contribution is -2.45. The summed E-state index contributed by atoms with van der Waals surface area (Å²) >= 11 is 0. The second kappa shape index (κ2) is 7.93. The van der Waals surface area contributed by atoms with Gasteiger partial charge < -0.3 is 10.6 Å². The highest BCUT2D eigenvalue weighted by atomic mass is 15.2. The number of rotatable bonds is 5. The smallest absolute Gasteiger partial charge is 0.191 e. The largest absolute Gasteiger partial charge is 0.356 e. The van der Waals surface area contributed by atoms with E-state index in [1.54, 1.807) is 0 Å². The quantitative estimate of drug-likeness (QED) is 0.639. The molecule has 0 saturated heterocycles. The van der Waals surface area contributed by atoms with E-state index < -0.39 is 0 Å². The van der Waals surface area contributed by atoms with Gasteiger partial charge in [-0.3, -0.25) is 4.99 Å². The third-order valence-corrected chi connectivity index (χ3v) is 3.81. The first-order valence-electron chi connectivity index (χ1n) is 7.47. The first-order valence-corrected chi connectivity index (χ1v) is 7.47. The molecule has 1 rings (SSSR count). The standard InChI is InChI=1S/C17H29N3/c1-12(2)15(5)20-17(18-6)19-11-14(4)16-9-7-13(3)8-10-16/h7-10,12,14-15H,11H2,1-6H3,(H2,18,19,20). The number of aryl methyl sites for hydroxylation is 1. The van der Waals surface area contributed by atoms with Gasteiger partial charge in [-0.1, -0.05) is 50.6 Å². The van der Waals surface area contributed by atoms with Crippen molar-refractivity contribution < 1.29 is 0 Å². The van der Waals surface area contributed by atoms with Gasteiger partial charge in [-0.2, -0.15) is 0 Å². The predicted molar refractivity (Wildman–Crippen MR) is 88.4 cm³/mol. The highest BCUT2D eigenvalue weighted by Crippen LogP contribution is 2.14. The van der Waals surface area contributed by atoms with Crippen molar-refractivity contribution >= 4 is 5.96 Å². The number of benzene rings is 1. The Morgan fingerprint density at radius 3 is 2.20 bits per heavy atom. The molecule has 0 aliphatic rings. The van der Waals surface area contributed by atoms with Crippen LogP contribution in [0.1, 0.15) is 44.7 Å². The normalized spacial score (nSPS) is 15.1. The van der Waals surface area contributed by atoms with Crippen LogP contribution < -0.4 is 10.6 Å². The molecule has 0 radical (unpaired) electrons. The predicted octanol–water partition coefficient (Wildman–Crippen LogP) is 3.31. The molecule has 0 spiro atoms. The Balaban J connectivity index is 2.50. The average Bonchev–Trinajstić information content (AvgIpc) is 2.43. The molecule has 0 heterocycles. The van der Waals surface area contributed by atoms with E-state index in [4.69, 9.17) is 0 Å². The summed E-state index contributed by atoms with van der Waals surface area (Å²) in [5.74, 6) is 1.93. The van der Waals surface area contributed by atoms with Crippen molar-refractivity contribution in [3.63, 3.8) is 0 Å². The van der Waals surface area contributed by atoms with Crippen LogP contribution in [0.4, 0.5) is 0 Å². The fraction of sp³-hybridized carbons (Fsp3) is 0.588. The maximum absolute atomic E-state index is 4.28. The molecule has 1 aromatic carbocycles. The van der Waals surface area contributed by atoms with Crippen molar-refractivity contribution in [3.8, 4) is 0 Å². The third kappa shape index (κ3) is 5.24. The molecule has 2 unspecified atom stereocenters. The summed E-state index contributed by atoms with van der Waals surface area (Å²) in [4.78, 5) is 4.28. The molecule has 3 heteroatoms. The van der Waals surface area contributed by atoms with Crippen LogP contribution in [0.15, 0.2) is 29.3 Å². The van der Waals surface area contributed by atoms with E-state index >= 15 is 0 Å². The van der Waals surface area contributed by atoms with Crippen LogP contribution in [0.3, 0.4) is 0 Å². The lowest BCUT2D eigenvalue weighted by atomic mass is 10.0. The molecule has 0 saturated carbocycles. The Labute approximate surface area is 123 Å². The van der Waals surface area contributed by atoms with Crippen LogP contribution in [0.25, 0.3) is 0 Å². The summed E-state index contributed by atoms with van der Waals surface area (Å²) in [6.07, 6.45) is 0. The van der Waals surface area contributed by atoms with Gasteiger partial charge in [0.25, 0.3) is 0 Å². The SMILES string of the molecule is CN=C(NCC(C)c1ccc(C)cc1)NC(C)C(C)C. The molecule has 3 nitrogen and oxygen atoms in total. The molecule has 0 bridgehead atoms. The number of aliphatic imine (C=N–C) groups is 1. The minimum absolute atomic E-state index is 0.413. The summed E-state index contributed by atoms with van der Waals surface area (Å²) < 4.78 is 0. The summed E-state index contributed by atoms with van der Waals surface area (Å²) in [5, 5.41) is 6.83. The highest BCUT2D eigenvalue weighted by Gasteiger charge is 2.10. The van der Waals surface area contributed by atoms with E-state index in [1.807, 2.05) is 7.05 Å². The molecular weight excluding hydrogens is 246 g/mol. The molecular formula is C17H29N3. The first kappa shape index (κ1) is 16.5. The molecule has 2 atom stereocenters. The molecule has 20 heavy (non-hydrogen) atoms. The Morgan fingerprint density at radius 2 is 1.70 bits per heavy atom. The zero-order valence-electron chi connectivity index (χ0n) is 13.7. The van der Waals surface area contributed by atoms with Gasteiger partial charge in [0.05, 0.1) is 0 Å². The van der Waals surface area contributed by atoms with Gasteiger partial charge in [0, 0.05) is 19.6 Å². The Bertz CT molecular complexity index is 420. The van der Waals surface area contributed by atoms with Gasteiger partial charge in [0.2, 0.25) is 0 Å². The lowest BCUT2D eigenvalue weighted by Gasteiger charge is -2.22. The number of hydrogen-bond donors (Lipinski definition) is 2. The second-order valence-corrected chi connectivity index (χ2v) is 5.94. The molecule has 0 amide bonds. The summed E-state index contributed by atoms with van der Waals surface area (Å²) in [5.41, 5.74) is 2.66. The maximum atomic E-state index is 4.28. The van der Waals surface area contributed by atoms with Crippen molar-refractivity contribution in [2.75, 3.05) is 13.6 Å². The number of nitrogens with zero attached hydrogens (tertiary/aromatic N) is 1. The average molecular weight is 275 g/mol. The number of guanidine groups is 1. The zero-order valence-corrected chi connectivity index (χ0v) is 13.7. The van der Waals surface area contributed by atoms with E-state index in [2.05, 4.69) is 74.5 Å². The van der Waals surface area contributed by atoms with Crippen LogP contribution in [-0.2, 0) is 0 Å². The van der Waals surface area contributed by atoms with Crippen molar-refractivity contribution in [1.29, 1.82) is 0 Å². The fourth-order valence-corrected chi connectivity index (χ4v) is 1.84. The Hall–Kier alpha value is -1.51. The van der Waals surface area contributed by atoms with Crippen molar-refractivity contribution in [3.05, 3.63) is 35.4 Å². The van der Waals surface area contributed by atoms with Crippen molar-refractivity contribution in [2.45, 2.75) is 46.6 Å². The van der Waals surface area contributed by atoms with E-state index in [0.29, 0.717) is 17.9 Å². The van der Waals surface area contributed by atoms with Crippen LogP contribution in [-0.4, -0.2) is 25.6 Å². The van der Waals surface area contributed by atoms with Gasteiger partial charge >= 0.3 is 0 Å². The van der Waals surface area contributed by atoms with E-state index in [0.717, 1.165) is 12.5 Å². The minimum atomic E-state index is 0.413. The lowest BCUT2D eigenvalue weighted by molar-refractivity contribution is 0.480. The van der Waals surface area contributed by atoms with E-state index in [9.17, 15) is 0 Å². The summed E-state index contributed by atoms with van der Waals surface area (Å²) in [6.45, 7) is 11.8. The summed E-state index contributed by atoms with van der Waals surface area (Å²) in [7, 11) is 1.82. The molecule has 0 aliphatic heterocycles. The molecule has 0 aromatic heterocycles. The molecule has 1 aromatic rings. The van der Waals surface area contributed by atoms with Crippen molar-refractivity contribution in [1.82, 2.24) is 10.6 Å². The minimum Gasteiger partial charge on any atom is -0.356 e. The van der Waals surface area contributed by atoms with Crippen molar-refractivity contribution in [2.24, 2.45) is 10.9 Å². The molecule has 2 N–H and O–H groups in total. The monoisotopic (exact) mass is 275 g/mol. The van der Waals surface area contributed by atoms with Crippen LogP contribution >= 0.6 is 0 Å². The summed E-state index contributed by atoms with van der Waals surface area (Å²) in [6, 6.07) is 9.15. The first-order chi connectivity index (χ1) is 9.43. The van der Waals surface area contributed by atoms with Gasteiger partial charge in [0.15, 0.2) is 5.96 Å². The third-order valence-electron chi connectivity index (χ3n) is 3.81. The zero-order chi connectivity index (χ0) is 15.1.